The summed E-state index contributed by atoms with van der Waals surface area (Å²) in [5, 5.41) is 50.9. The molecule has 0 saturated heterocycles. The Hall–Kier alpha value is -5.10. The third-order valence-corrected chi connectivity index (χ3v) is 6.53. The van der Waals surface area contributed by atoms with Gasteiger partial charge in [-0.1, -0.05) is 31.9 Å². The van der Waals surface area contributed by atoms with Crippen molar-refractivity contribution in [2.75, 3.05) is 23.3 Å². The molecule has 2 rings (SSSR count). The number of unbranched alkanes of at least 4 members (excludes halogenated alkanes) is 3. The van der Waals surface area contributed by atoms with Gasteiger partial charge in [-0.05, 0) is 51.3 Å². The van der Waals surface area contributed by atoms with Crippen LogP contribution in [0.4, 0.5) is 28.4 Å². The minimum absolute atomic E-state index is 0.146. The minimum atomic E-state index is -1.08. The second-order valence-electron chi connectivity index (χ2n) is 9.43. The van der Waals surface area contributed by atoms with Crippen molar-refractivity contribution in [2.24, 2.45) is 16.1 Å². The molecule has 0 aromatic heterocycles. The van der Waals surface area contributed by atoms with Gasteiger partial charge in [0.05, 0.1) is 27.7 Å². The van der Waals surface area contributed by atoms with Gasteiger partial charge in [-0.3, -0.25) is 19.7 Å². The summed E-state index contributed by atoms with van der Waals surface area (Å²) in [6.07, 6.45) is 7.77. The van der Waals surface area contributed by atoms with Crippen LogP contribution in [-0.4, -0.2) is 35.0 Å². The first-order valence-corrected chi connectivity index (χ1v) is 13.8. The van der Waals surface area contributed by atoms with Crippen molar-refractivity contribution in [3.05, 3.63) is 63.7 Å². The number of nitriles is 2. The van der Waals surface area contributed by atoms with E-state index in [1.807, 2.05) is 24.8 Å². The van der Waals surface area contributed by atoms with E-state index in [9.17, 15) is 35.3 Å². The fourth-order valence-corrected chi connectivity index (χ4v) is 4.19. The molecule has 0 aliphatic heterocycles. The van der Waals surface area contributed by atoms with E-state index in [1.54, 1.807) is 36.4 Å². The van der Waals surface area contributed by atoms with E-state index in [1.165, 1.54) is 0 Å². The number of azo groups is 1. The number of carboxylic acids is 1. The van der Waals surface area contributed by atoms with Crippen LogP contribution in [-0.2, 0) is 9.59 Å². The van der Waals surface area contributed by atoms with Crippen molar-refractivity contribution in [3.8, 4) is 12.1 Å². The standard InChI is InChI=1S/C30H35N7O5/c1-4-7-8-9-10-11-12-21(30(39)40)17-28(38)33-27-18-24(36(5-2)6-3)13-14-26(27)34-35-29-22(19-31)15-25(37(41)42)16-23(29)20-32/h10-11,13-16,18,21H,4-9,12,17H2,1-3H3,(H,33,38)(H,39,40)/b11-10+,35-34+. The van der Waals surface area contributed by atoms with Crippen LogP contribution >= 0.6 is 0 Å². The Bertz CT molecular complexity index is 1380. The van der Waals surface area contributed by atoms with Crippen LogP contribution in [0.15, 0.2) is 52.7 Å². The summed E-state index contributed by atoms with van der Waals surface area (Å²) < 4.78 is 0. The molecule has 0 aliphatic carbocycles. The first-order chi connectivity index (χ1) is 20.2. The second-order valence-corrected chi connectivity index (χ2v) is 9.43. The van der Waals surface area contributed by atoms with Gasteiger partial charge in [0.1, 0.15) is 23.5 Å². The third-order valence-electron chi connectivity index (χ3n) is 6.53. The Morgan fingerprint density at radius 1 is 1.07 bits per heavy atom. The maximum atomic E-state index is 13.0. The highest BCUT2D eigenvalue weighted by atomic mass is 16.6. The fraction of sp³-hybridized carbons (Fsp3) is 0.400. The van der Waals surface area contributed by atoms with Crippen molar-refractivity contribution < 1.29 is 19.6 Å². The zero-order valence-electron chi connectivity index (χ0n) is 24.0. The molecule has 0 saturated carbocycles. The summed E-state index contributed by atoms with van der Waals surface area (Å²) in [7, 11) is 0. The molecule has 42 heavy (non-hydrogen) atoms. The number of carbonyl (C=O) groups excluding carboxylic acids is 1. The fourth-order valence-electron chi connectivity index (χ4n) is 4.19. The van der Waals surface area contributed by atoms with Crippen LogP contribution < -0.4 is 10.2 Å². The average Bonchev–Trinajstić information content (AvgIpc) is 2.97. The van der Waals surface area contributed by atoms with Crippen LogP contribution in [0, 0.1) is 38.7 Å². The molecule has 0 spiro atoms. The minimum Gasteiger partial charge on any atom is -0.481 e. The number of rotatable bonds is 16. The lowest BCUT2D eigenvalue weighted by atomic mass is 10.0. The Morgan fingerprint density at radius 2 is 1.74 bits per heavy atom. The molecule has 2 aromatic carbocycles. The molecule has 0 bridgehead atoms. The summed E-state index contributed by atoms with van der Waals surface area (Å²) in [6.45, 7) is 7.44. The van der Waals surface area contributed by atoms with Gasteiger partial charge in [-0.25, -0.2) is 0 Å². The highest BCUT2D eigenvalue weighted by molar-refractivity contribution is 5.96. The summed E-state index contributed by atoms with van der Waals surface area (Å²) in [5.41, 5.74) is 0.239. The second kappa shape index (κ2) is 16.9. The maximum absolute atomic E-state index is 13.0. The van der Waals surface area contributed by atoms with Crippen LogP contribution in [0.25, 0.3) is 0 Å². The Kier molecular flexibility index (Phi) is 13.3. The van der Waals surface area contributed by atoms with Crippen molar-refractivity contribution in [1.82, 2.24) is 0 Å². The molecule has 0 fully saturated rings. The molecular formula is C30H35N7O5. The number of anilines is 2. The summed E-state index contributed by atoms with van der Waals surface area (Å²) in [4.78, 5) is 37.4. The number of carbonyl (C=O) groups is 2. The van der Waals surface area contributed by atoms with E-state index in [-0.39, 0.29) is 41.0 Å². The first kappa shape index (κ1) is 33.1. The van der Waals surface area contributed by atoms with Crippen molar-refractivity contribution in [3.63, 3.8) is 0 Å². The van der Waals surface area contributed by atoms with E-state index >= 15 is 0 Å². The molecule has 0 aliphatic rings. The van der Waals surface area contributed by atoms with Gasteiger partial charge in [0.15, 0.2) is 0 Å². The molecule has 1 unspecified atom stereocenters. The Morgan fingerprint density at radius 3 is 2.29 bits per heavy atom. The number of carboxylic acid groups (broad SMARTS) is 1. The number of amides is 1. The zero-order valence-corrected chi connectivity index (χ0v) is 24.0. The molecule has 1 atom stereocenters. The molecule has 12 nitrogen and oxygen atoms in total. The lowest BCUT2D eigenvalue weighted by molar-refractivity contribution is -0.384. The number of nitro benzene ring substituents is 1. The lowest BCUT2D eigenvalue weighted by Gasteiger charge is -2.22. The molecule has 220 valence electrons. The van der Waals surface area contributed by atoms with Gasteiger partial charge in [0, 0.05) is 37.3 Å². The zero-order chi connectivity index (χ0) is 31.1. The van der Waals surface area contributed by atoms with Gasteiger partial charge in [0.2, 0.25) is 5.91 Å². The normalized spacial score (nSPS) is 11.6. The molecule has 2 aromatic rings. The van der Waals surface area contributed by atoms with Crippen molar-refractivity contribution >= 4 is 40.3 Å². The number of aliphatic carboxylic acids is 1. The Balaban J connectivity index is 2.40. The van der Waals surface area contributed by atoms with Gasteiger partial charge in [-0.15, -0.1) is 10.2 Å². The Labute approximate surface area is 245 Å². The smallest absolute Gasteiger partial charge is 0.307 e. The lowest BCUT2D eigenvalue weighted by Crippen LogP contribution is -2.23. The van der Waals surface area contributed by atoms with Crippen LogP contribution in [0.1, 0.15) is 70.4 Å². The van der Waals surface area contributed by atoms with Gasteiger partial charge >= 0.3 is 5.97 Å². The van der Waals surface area contributed by atoms with E-state index in [0.717, 1.165) is 43.5 Å². The topological polar surface area (TPSA) is 185 Å². The maximum Gasteiger partial charge on any atom is 0.307 e. The number of benzene rings is 2. The molecule has 0 radical (unpaired) electrons. The summed E-state index contributed by atoms with van der Waals surface area (Å²) in [5.74, 6) is -2.52. The SMILES string of the molecule is CCCCC/C=C/CC(CC(=O)Nc1cc(N(CC)CC)ccc1/N=N/c1c(C#N)cc([N+](=O)[O-])cc1C#N)C(=O)O. The van der Waals surface area contributed by atoms with Crippen LogP contribution in [0.5, 0.6) is 0 Å². The highest BCUT2D eigenvalue weighted by Crippen LogP contribution is 2.35. The predicted molar refractivity (Wildman–Crippen MR) is 159 cm³/mol. The monoisotopic (exact) mass is 573 g/mol. The quantitative estimate of drug-likeness (QED) is 0.0696. The average molecular weight is 574 g/mol. The molecule has 1 amide bonds. The summed E-state index contributed by atoms with van der Waals surface area (Å²) >= 11 is 0. The van der Waals surface area contributed by atoms with Gasteiger partial charge < -0.3 is 15.3 Å². The highest BCUT2D eigenvalue weighted by Gasteiger charge is 2.21. The van der Waals surface area contributed by atoms with E-state index in [0.29, 0.717) is 13.1 Å². The van der Waals surface area contributed by atoms with Crippen molar-refractivity contribution in [2.45, 2.75) is 59.3 Å². The van der Waals surface area contributed by atoms with Crippen molar-refractivity contribution in [1.29, 1.82) is 10.5 Å². The number of nitro groups is 1. The number of nitrogens with zero attached hydrogens (tertiary/aromatic N) is 6. The van der Waals surface area contributed by atoms with E-state index < -0.39 is 28.4 Å². The molecule has 0 heterocycles. The summed E-state index contributed by atoms with van der Waals surface area (Å²) in [6, 6.07) is 10.7. The third kappa shape index (κ3) is 9.52. The van der Waals surface area contributed by atoms with Gasteiger partial charge in [0.25, 0.3) is 5.69 Å². The van der Waals surface area contributed by atoms with Crippen LogP contribution in [0.3, 0.4) is 0 Å². The number of hydrogen-bond donors (Lipinski definition) is 2. The number of allylic oxidation sites excluding steroid dienone is 2. The van der Waals surface area contributed by atoms with E-state index in [2.05, 4.69) is 22.5 Å². The van der Waals surface area contributed by atoms with Gasteiger partial charge in [-0.2, -0.15) is 10.5 Å². The molecular weight excluding hydrogens is 538 g/mol. The molecule has 12 heteroatoms. The van der Waals surface area contributed by atoms with E-state index in [4.69, 9.17) is 0 Å². The first-order valence-electron chi connectivity index (χ1n) is 13.8. The number of non-ortho nitro benzene ring substituents is 1. The number of hydrogen-bond acceptors (Lipinski definition) is 9. The molecule has 2 N–H and O–H groups in total. The predicted octanol–water partition coefficient (Wildman–Crippen LogP) is 7.16. The number of nitrogens with one attached hydrogen (secondary N) is 1. The van der Waals surface area contributed by atoms with Crippen LogP contribution in [0.2, 0.25) is 0 Å². The largest absolute Gasteiger partial charge is 0.481 e.